The van der Waals surface area contributed by atoms with Crippen LogP contribution in [0.1, 0.15) is 19.3 Å². The van der Waals surface area contributed by atoms with E-state index in [4.69, 9.17) is 5.11 Å². The number of anilines is 2. The van der Waals surface area contributed by atoms with Crippen LogP contribution in [0.15, 0.2) is 24.3 Å². The second-order valence-electron chi connectivity index (χ2n) is 5.48. The summed E-state index contributed by atoms with van der Waals surface area (Å²) < 4.78 is 0. The number of carbonyl (C=O) groups is 2. The number of rotatable bonds is 4. The lowest BCUT2D eigenvalue weighted by Crippen LogP contribution is -2.21. The van der Waals surface area contributed by atoms with Crippen molar-refractivity contribution in [1.29, 1.82) is 0 Å². The van der Waals surface area contributed by atoms with E-state index in [0.717, 1.165) is 11.4 Å². The maximum Gasteiger partial charge on any atom is 0.306 e. The van der Waals surface area contributed by atoms with Crippen LogP contribution in [0.5, 0.6) is 0 Å². The van der Waals surface area contributed by atoms with Gasteiger partial charge in [-0.1, -0.05) is 6.07 Å². The normalized spacial score (nSPS) is 21.5. The van der Waals surface area contributed by atoms with Gasteiger partial charge in [-0.25, -0.2) is 0 Å². The Kier molecular flexibility index (Phi) is 4.27. The second-order valence-corrected chi connectivity index (χ2v) is 5.48. The summed E-state index contributed by atoms with van der Waals surface area (Å²) in [4.78, 5) is 25.0. The largest absolute Gasteiger partial charge is 0.481 e. The third kappa shape index (κ3) is 3.29. The van der Waals surface area contributed by atoms with Gasteiger partial charge < -0.3 is 15.3 Å². The van der Waals surface area contributed by atoms with Crippen molar-refractivity contribution in [3.63, 3.8) is 0 Å². The molecule has 1 aliphatic rings. The zero-order valence-corrected chi connectivity index (χ0v) is 11.8. The number of amides is 1. The van der Waals surface area contributed by atoms with Gasteiger partial charge in [0.15, 0.2) is 0 Å². The summed E-state index contributed by atoms with van der Waals surface area (Å²) in [7, 11) is 3.88. The molecule has 1 fully saturated rings. The molecule has 1 aliphatic carbocycles. The molecule has 0 spiro atoms. The van der Waals surface area contributed by atoms with Crippen molar-refractivity contribution in [2.24, 2.45) is 11.8 Å². The monoisotopic (exact) mass is 276 g/mol. The topological polar surface area (TPSA) is 69.6 Å². The zero-order valence-electron chi connectivity index (χ0n) is 11.8. The quantitative estimate of drug-likeness (QED) is 0.884. The smallest absolute Gasteiger partial charge is 0.306 e. The molecule has 0 radical (unpaired) electrons. The van der Waals surface area contributed by atoms with Crippen LogP contribution in [-0.4, -0.2) is 31.1 Å². The minimum absolute atomic E-state index is 0.0790. The number of benzene rings is 1. The van der Waals surface area contributed by atoms with Gasteiger partial charge in [0.1, 0.15) is 0 Å². The molecule has 2 atom stereocenters. The van der Waals surface area contributed by atoms with Crippen LogP contribution in [0.25, 0.3) is 0 Å². The summed E-state index contributed by atoms with van der Waals surface area (Å²) in [5.74, 6) is -1.45. The summed E-state index contributed by atoms with van der Waals surface area (Å²) in [6, 6.07) is 7.60. The van der Waals surface area contributed by atoms with Gasteiger partial charge in [-0.2, -0.15) is 0 Å². The van der Waals surface area contributed by atoms with Crippen molar-refractivity contribution in [2.45, 2.75) is 19.3 Å². The van der Waals surface area contributed by atoms with Gasteiger partial charge in [-0.3, -0.25) is 9.59 Å². The van der Waals surface area contributed by atoms with Crippen molar-refractivity contribution in [2.75, 3.05) is 24.3 Å². The van der Waals surface area contributed by atoms with Gasteiger partial charge in [-0.05, 0) is 37.5 Å². The van der Waals surface area contributed by atoms with Gasteiger partial charge in [0, 0.05) is 31.4 Å². The minimum atomic E-state index is -0.796. The number of hydrogen-bond donors (Lipinski definition) is 2. The average Bonchev–Trinajstić information content (AvgIpc) is 2.88. The third-order valence-corrected chi connectivity index (χ3v) is 3.78. The van der Waals surface area contributed by atoms with Crippen molar-refractivity contribution in [3.05, 3.63) is 24.3 Å². The summed E-state index contributed by atoms with van der Waals surface area (Å²) in [5.41, 5.74) is 1.76. The van der Waals surface area contributed by atoms with Gasteiger partial charge in [-0.15, -0.1) is 0 Å². The first-order chi connectivity index (χ1) is 9.47. The van der Waals surface area contributed by atoms with Crippen molar-refractivity contribution >= 4 is 23.3 Å². The molecular formula is C15H20N2O3. The van der Waals surface area contributed by atoms with Crippen molar-refractivity contribution in [1.82, 2.24) is 0 Å². The molecule has 1 aromatic rings. The molecule has 2 rings (SSSR count). The highest BCUT2D eigenvalue weighted by molar-refractivity contribution is 5.93. The lowest BCUT2D eigenvalue weighted by atomic mass is 10.0. The third-order valence-electron chi connectivity index (χ3n) is 3.78. The lowest BCUT2D eigenvalue weighted by Gasteiger charge is -2.15. The Labute approximate surface area is 118 Å². The highest BCUT2D eigenvalue weighted by atomic mass is 16.4. The molecule has 1 aromatic carbocycles. The van der Waals surface area contributed by atoms with E-state index < -0.39 is 5.97 Å². The van der Waals surface area contributed by atoms with Gasteiger partial charge in [0.2, 0.25) is 5.91 Å². The van der Waals surface area contributed by atoms with E-state index in [2.05, 4.69) is 5.32 Å². The molecule has 1 saturated carbocycles. The van der Waals surface area contributed by atoms with Crippen LogP contribution in [0.2, 0.25) is 0 Å². The number of carboxylic acid groups (broad SMARTS) is 1. The lowest BCUT2D eigenvalue weighted by molar-refractivity contribution is -0.141. The molecule has 2 N–H and O–H groups in total. The molecule has 5 heteroatoms. The van der Waals surface area contributed by atoms with Crippen LogP contribution in [0, 0.1) is 11.8 Å². The molecule has 108 valence electrons. The van der Waals surface area contributed by atoms with Gasteiger partial charge in [0.05, 0.1) is 5.92 Å². The SMILES string of the molecule is CN(C)c1cccc(NC(=O)[C@@H]2CC[C@H](C(=O)O)C2)c1. The van der Waals surface area contributed by atoms with Gasteiger partial charge in [0.25, 0.3) is 0 Å². The predicted molar refractivity (Wildman–Crippen MR) is 77.9 cm³/mol. The highest BCUT2D eigenvalue weighted by Gasteiger charge is 2.33. The number of nitrogens with one attached hydrogen (secondary N) is 1. The summed E-state index contributed by atoms with van der Waals surface area (Å²) in [6.07, 6.45) is 1.68. The Morgan fingerprint density at radius 2 is 1.95 bits per heavy atom. The zero-order chi connectivity index (χ0) is 14.7. The Bertz CT molecular complexity index is 514. The molecule has 0 saturated heterocycles. The number of aliphatic carboxylic acids is 1. The van der Waals surface area contributed by atoms with E-state index in [1.54, 1.807) is 0 Å². The average molecular weight is 276 g/mol. The van der Waals surface area contributed by atoms with Crippen LogP contribution >= 0.6 is 0 Å². The molecule has 20 heavy (non-hydrogen) atoms. The first kappa shape index (κ1) is 14.4. The molecule has 0 aliphatic heterocycles. The molecule has 0 aromatic heterocycles. The van der Waals surface area contributed by atoms with Crippen LogP contribution in [0.3, 0.4) is 0 Å². The van der Waals surface area contributed by atoms with E-state index in [1.165, 1.54) is 0 Å². The van der Waals surface area contributed by atoms with E-state index in [0.29, 0.717) is 19.3 Å². The van der Waals surface area contributed by atoms with Crippen LogP contribution < -0.4 is 10.2 Å². The second kappa shape index (κ2) is 5.94. The van der Waals surface area contributed by atoms with E-state index >= 15 is 0 Å². The van der Waals surface area contributed by atoms with Crippen molar-refractivity contribution in [3.8, 4) is 0 Å². The molecule has 0 heterocycles. The fourth-order valence-electron chi connectivity index (χ4n) is 2.55. The first-order valence-electron chi connectivity index (χ1n) is 6.78. The summed E-state index contributed by atoms with van der Waals surface area (Å²) >= 11 is 0. The van der Waals surface area contributed by atoms with E-state index in [9.17, 15) is 9.59 Å². The van der Waals surface area contributed by atoms with Gasteiger partial charge >= 0.3 is 5.97 Å². The summed E-state index contributed by atoms with van der Waals surface area (Å²) in [5, 5.41) is 11.8. The number of hydrogen-bond acceptors (Lipinski definition) is 3. The predicted octanol–water partition coefficient (Wildman–Crippen LogP) is 2.19. The highest BCUT2D eigenvalue weighted by Crippen LogP contribution is 2.32. The fraction of sp³-hybridized carbons (Fsp3) is 0.467. The number of carboxylic acids is 1. The molecular weight excluding hydrogens is 256 g/mol. The Morgan fingerprint density at radius 3 is 2.55 bits per heavy atom. The maximum absolute atomic E-state index is 12.1. The fourth-order valence-corrected chi connectivity index (χ4v) is 2.55. The van der Waals surface area contributed by atoms with Crippen molar-refractivity contribution < 1.29 is 14.7 Å². The maximum atomic E-state index is 12.1. The standard InChI is InChI=1S/C15H20N2O3/c1-17(2)13-5-3-4-12(9-13)16-14(18)10-6-7-11(8-10)15(19)20/h3-5,9-11H,6-8H2,1-2H3,(H,16,18)(H,19,20)/t10-,11+/m1/s1. The van der Waals surface area contributed by atoms with E-state index in [-0.39, 0.29) is 17.7 Å². The molecule has 5 nitrogen and oxygen atoms in total. The molecule has 1 amide bonds. The Morgan fingerprint density at radius 1 is 1.25 bits per heavy atom. The van der Waals surface area contributed by atoms with Crippen LogP contribution in [0.4, 0.5) is 11.4 Å². The Balaban J connectivity index is 1.98. The Hall–Kier alpha value is -2.04. The number of carbonyl (C=O) groups excluding carboxylic acids is 1. The molecule has 0 bridgehead atoms. The minimum Gasteiger partial charge on any atom is -0.481 e. The van der Waals surface area contributed by atoms with E-state index in [1.807, 2.05) is 43.3 Å². The summed E-state index contributed by atoms with van der Waals surface area (Å²) in [6.45, 7) is 0. The molecule has 0 unspecified atom stereocenters. The van der Waals surface area contributed by atoms with Crippen LogP contribution in [-0.2, 0) is 9.59 Å². The first-order valence-corrected chi connectivity index (χ1v) is 6.78. The number of nitrogens with zero attached hydrogens (tertiary/aromatic N) is 1.